The van der Waals surface area contributed by atoms with Crippen molar-refractivity contribution in [2.45, 2.75) is 82.7 Å². The number of rotatable bonds is 14. The summed E-state index contributed by atoms with van der Waals surface area (Å²) in [5, 5.41) is 0. The zero-order valence-corrected chi connectivity index (χ0v) is 12.7. The van der Waals surface area contributed by atoms with Crippen molar-refractivity contribution in [2.75, 3.05) is 13.1 Å². The maximum Gasteiger partial charge on any atom is 0.0192 e. The molecule has 0 heterocycles. The topological polar surface area (TPSA) is 104 Å². The number of hydrogen-bond acceptors (Lipinski definition) is 4. The molecule has 0 radical (unpaired) electrons. The van der Waals surface area contributed by atoms with Crippen LogP contribution < -0.4 is 22.9 Å². The van der Waals surface area contributed by atoms with Gasteiger partial charge in [-0.05, 0) is 38.8 Å². The lowest BCUT2D eigenvalue weighted by atomic mass is 9.97. The van der Waals surface area contributed by atoms with Crippen LogP contribution in [-0.2, 0) is 0 Å². The predicted molar refractivity (Wildman–Crippen MR) is 84.8 cm³/mol. The highest BCUT2D eigenvalue weighted by Gasteiger charge is 2.12. The molecule has 0 aliphatic heterocycles. The lowest BCUT2D eigenvalue weighted by Crippen LogP contribution is -2.41. The molecule has 0 rings (SSSR count). The second-order valence-electron chi connectivity index (χ2n) is 5.66. The molecular formula is C15H36N4. The fraction of sp³-hybridized carbons (Fsp3) is 1.00. The first-order valence-corrected chi connectivity index (χ1v) is 8.13. The summed E-state index contributed by atoms with van der Waals surface area (Å²) in [7, 11) is 0. The van der Waals surface area contributed by atoms with E-state index in [2.05, 4.69) is 0 Å². The van der Waals surface area contributed by atoms with Gasteiger partial charge in [0, 0.05) is 12.1 Å². The van der Waals surface area contributed by atoms with Crippen LogP contribution in [0.3, 0.4) is 0 Å². The van der Waals surface area contributed by atoms with E-state index in [-0.39, 0.29) is 12.1 Å². The minimum absolute atomic E-state index is 0.162. The molecule has 0 aromatic carbocycles. The lowest BCUT2D eigenvalue weighted by molar-refractivity contribution is 0.432. The number of nitrogens with two attached hydrogens (primary N) is 4. The van der Waals surface area contributed by atoms with Crippen molar-refractivity contribution in [1.29, 1.82) is 0 Å². The highest BCUT2D eigenvalue weighted by molar-refractivity contribution is 4.75. The van der Waals surface area contributed by atoms with Gasteiger partial charge in [-0.2, -0.15) is 0 Å². The molecule has 0 amide bonds. The fourth-order valence-corrected chi connectivity index (χ4v) is 2.36. The van der Waals surface area contributed by atoms with Gasteiger partial charge in [0.2, 0.25) is 0 Å². The molecule has 8 N–H and O–H groups in total. The third-order valence-electron chi connectivity index (χ3n) is 3.78. The highest BCUT2D eigenvalue weighted by Crippen LogP contribution is 2.11. The quantitative estimate of drug-likeness (QED) is 0.362. The minimum atomic E-state index is 0.162. The van der Waals surface area contributed by atoms with Gasteiger partial charge in [-0.1, -0.05) is 44.9 Å². The van der Waals surface area contributed by atoms with Gasteiger partial charge < -0.3 is 22.9 Å². The van der Waals surface area contributed by atoms with Crippen LogP contribution in [0.1, 0.15) is 70.6 Å². The van der Waals surface area contributed by atoms with E-state index in [0.29, 0.717) is 0 Å². The Morgan fingerprint density at radius 2 is 0.789 bits per heavy atom. The summed E-state index contributed by atoms with van der Waals surface area (Å²) in [5.41, 5.74) is 23.2. The van der Waals surface area contributed by atoms with Crippen molar-refractivity contribution in [1.82, 2.24) is 0 Å². The van der Waals surface area contributed by atoms with E-state index in [0.717, 1.165) is 45.2 Å². The van der Waals surface area contributed by atoms with Crippen LogP contribution in [0.5, 0.6) is 0 Å². The maximum atomic E-state index is 6.13. The van der Waals surface area contributed by atoms with E-state index < -0.39 is 0 Å². The Hall–Kier alpha value is -0.160. The van der Waals surface area contributed by atoms with Gasteiger partial charge >= 0.3 is 0 Å². The Labute approximate surface area is 119 Å². The standard InChI is InChI=1S/C15H36N4/c16-12-8-4-2-1-3-6-10-14(18)15(19)11-7-5-9-13-17/h14-15H,1-13,16-19H2. The van der Waals surface area contributed by atoms with Gasteiger partial charge in [-0.3, -0.25) is 0 Å². The Bertz CT molecular complexity index is 176. The molecule has 4 heteroatoms. The second-order valence-corrected chi connectivity index (χ2v) is 5.66. The molecule has 116 valence electrons. The summed E-state index contributed by atoms with van der Waals surface area (Å²) < 4.78 is 0. The van der Waals surface area contributed by atoms with Crippen molar-refractivity contribution in [3.63, 3.8) is 0 Å². The molecule has 2 atom stereocenters. The van der Waals surface area contributed by atoms with E-state index in [9.17, 15) is 0 Å². The smallest absolute Gasteiger partial charge is 0.0192 e. The Balaban J connectivity index is 3.33. The third kappa shape index (κ3) is 12.6. The van der Waals surface area contributed by atoms with Crippen molar-refractivity contribution < 1.29 is 0 Å². The highest BCUT2D eigenvalue weighted by atomic mass is 14.8. The molecule has 0 spiro atoms. The first kappa shape index (κ1) is 18.8. The van der Waals surface area contributed by atoms with E-state index in [4.69, 9.17) is 22.9 Å². The summed E-state index contributed by atoms with van der Waals surface area (Å²) in [4.78, 5) is 0. The van der Waals surface area contributed by atoms with Crippen LogP contribution in [0, 0.1) is 0 Å². The van der Waals surface area contributed by atoms with Crippen LogP contribution in [0.25, 0.3) is 0 Å². The molecule has 0 fully saturated rings. The Morgan fingerprint density at radius 1 is 0.474 bits per heavy atom. The van der Waals surface area contributed by atoms with Gasteiger partial charge in [0.1, 0.15) is 0 Å². The second kappa shape index (κ2) is 14.3. The van der Waals surface area contributed by atoms with Gasteiger partial charge in [-0.25, -0.2) is 0 Å². The summed E-state index contributed by atoms with van der Waals surface area (Å²) in [6.45, 7) is 1.61. The maximum absolute atomic E-state index is 6.13. The monoisotopic (exact) mass is 272 g/mol. The van der Waals surface area contributed by atoms with Crippen LogP contribution in [0.4, 0.5) is 0 Å². The van der Waals surface area contributed by atoms with Crippen LogP contribution in [0.2, 0.25) is 0 Å². The first-order chi connectivity index (χ1) is 9.22. The van der Waals surface area contributed by atoms with Crippen LogP contribution in [-0.4, -0.2) is 25.2 Å². The molecule has 0 aromatic rings. The molecule has 0 aromatic heterocycles. The summed E-state index contributed by atoms with van der Waals surface area (Å²) >= 11 is 0. The van der Waals surface area contributed by atoms with E-state index in [1.165, 1.54) is 38.5 Å². The summed E-state index contributed by atoms with van der Waals surface area (Å²) in [5.74, 6) is 0. The molecule has 2 unspecified atom stereocenters. The van der Waals surface area contributed by atoms with E-state index in [1.807, 2.05) is 0 Å². The Kier molecular flexibility index (Phi) is 14.1. The van der Waals surface area contributed by atoms with Gasteiger partial charge in [-0.15, -0.1) is 0 Å². The number of unbranched alkanes of at least 4 members (excludes halogenated alkanes) is 7. The van der Waals surface area contributed by atoms with Crippen molar-refractivity contribution >= 4 is 0 Å². The molecular weight excluding hydrogens is 236 g/mol. The lowest BCUT2D eigenvalue weighted by Gasteiger charge is -2.19. The molecule has 0 saturated heterocycles. The molecule has 0 aliphatic carbocycles. The molecule has 0 bridgehead atoms. The van der Waals surface area contributed by atoms with Crippen LogP contribution >= 0.6 is 0 Å². The summed E-state index contributed by atoms with van der Waals surface area (Å²) in [6, 6.07) is 0.330. The van der Waals surface area contributed by atoms with E-state index >= 15 is 0 Å². The molecule has 4 nitrogen and oxygen atoms in total. The SMILES string of the molecule is NCCCCCCCCC(N)C(N)CCCCCN. The average Bonchev–Trinajstić information content (AvgIpc) is 2.42. The van der Waals surface area contributed by atoms with Crippen LogP contribution in [0.15, 0.2) is 0 Å². The largest absolute Gasteiger partial charge is 0.330 e. The van der Waals surface area contributed by atoms with Gasteiger partial charge in [0.15, 0.2) is 0 Å². The summed E-state index contributed by atoms with van der Waals surface area (Å²) in [6.07, 6.45) is 13.1. The predicted octanol–water partition coefficient (Wildman–Crippen LogP) is 1.85. The average molecular weight is 272 g/mol. The molecule has 19 heavy (non-hydrogen) atoms. The molecule has 0 saturated carbocycles. The third-order valence-corrected chi connectivity index (χ3v) is 3.78. The molecule has 0 aliphatic rings. The number of hydrogen-bond donors (Lipinski definition) is 4. The van der Waals surface area contributed by atoms with Gasteiger partial charge in [0.25, 0.3) is 0 Å². The van der Waals surface area contributed by atoms with E-state index in [1.54, 1.807) is 0 Å². The minimum Gasteiger partial charge on any atom is -0.330 e. The van der Waals surface area contributed by atoms with Crippen molar-refractivity contribution in [3.05, 3.63) is 0 Å². The van der Waals surface area contributed by atoms with Crippen molar-refractivity contribution in [2.24, 2.45) is 22.9 Å². The zero-order valence-electron chi connectivity index (χ0n) is 12.7. The first-order valence-electron chi connectivity index (χ1n) is 8.13. The Morgan fingerprint density at radius 3 is 1.21 bits per heavy atom. The zero-order chi connectivity index (χ0) is 14.3. The fourth-order valence-electron chi connectivity index (χ4n) is 2.36. The normalized spacial score (nSPS) is 14.5. The van der Waals surface area contributed by atoms with Gasteiger partial charge in [0.05, 0.1) is 0 Å². The van der Waals surface area contributed by atoms with Crippen molar-refractivity contribution in [3.8, 4) is 0 Å².